The molecule has 0 saturated heterocycles. The van der Waals surface area contributed by atoms with E-state index in [1.54, 1.807) is 0 Å². The summed E-state index contributed by atoms with van der Waals surface area (Å²) in [4.78, 5) is 2.32. The van der Waals surface area contributed by atoms with Gasteiger partial charge in [-0.1, -0.05) is 152 Å². The fourth-order valence-electron chi connectivity index (χ4n) is 6.53. The maximum Gasteiger partial charge on any atom is 0.0462 e. The van der Waals surface area contributed by atoms with E-state index >= 15 is 0 Å². The second-order valence-electron chi connectivity index (χ2n) is 12.2. The van der Waals surface area contributed by atoms with Gasteiger partial charge in [0, 0.05) is 17.1 Å². The van der Waals surface area contributed by atoms with Crippen LogP contribution in [0.15, 0.2) is 212 Å². The highest BCUT2D eigenvalue weighted by Gasteiger charge is 2.14. The van der Waals surface area contributed by atoms with Gasteiger partial charge in [-0.3, -0.25) is 0 Å². The first-order chi connectivity index (χ1) is 24.3. The van der Waals surface area contributed by atoms with Crippen molar-refractivity contribution in [2.24, 2.45) is 0 Å². The van der Waals surface area contributed by atoms with Crippen LogP contribution < -0.4 is 4.90 Å². The van der Waals surface area contributed by atoms with E-state index in [0.29, 0.717) is 0 Å². The molecule has 0 aliphatic heterocycles. The number of anilines is 3. The summed E-state index contributed by atoms with van der Waals surface area (Å²) >= 11 is 0. The summed E-state index contributed by atoms with van der Waals surface area (Å²) in [5, 5.41) is 0. The van der Waals surface area contributed by atoms with Crippen LogP contribution in [-0.2, 0) is 0 Å². The zero-order chi connectivity index (χ0) is 32.8. The van der Waals surface area contributed by atoms with E-state index in [1.165, 1.54) is 55.6 Å². The topological polar surface area (TPSA) is 3.24 Å². The first-order valence-corrected chi connectivity index (χ1v) is 16.8. The van der Waals surface area contributed by atoms with Crippen molar-refractivity contribution in [1.82, 2.24) is 0 Å². The highest BCUT2D eigenvalue weighted by molar-refractivity contribution is 5.84. The molecule has 232 valence electrons. The van der Waals surface area contributed by atoms with Crippen LogP contribution in [0.2, 0.25) is 0 Å². The monoisotopic (exact) mass is 625 g/mol. The molecule has 1 nitrogen and oxygen atoms in total. The Morgan fingerprint density at radius 2 is 0.449 bits per heavy atom. The van der Waals surface area contributed by atoms with Crippen molar-refractivity contribution in [3.63, 3.8) is 0 Å². The van der Waals surface area contributed by atoms with E-state index in [2.05, 4.69) is 217 Å². The lowest BCUT2D eigenvalue weighted by atomic mass is 9.92. The number of benzene rings is 8. The summed E-state index contributed by atoms with van der Waals surface area (Å²) in [6.45, 7) is 0. The minimum absolute atomic E-state index is 1.11. The molecule has 0 amide bonds. The molecule has 0 N–H and O–H groups in total. The summed E-state index contributed by atoms with van der Waals surface area (Å²) < 4.78 is 0. The summed E-state index contributed by atoms with van der Waals surface area (Å²) in [6.07, 6.45) is 0. The lowest BCUT2D eigenvalue weighted by Gasteiger charge is -2.26. The molecule has 8 aromatic carbocycles. The Morgan fingerprint density at radius 3 is 0.918 bits per heavy atom. The van der Waals surface area contributed by atoms with Crippen LogP contribution in [0.5, 0.6) is 0 Å². The van der Waals surface area contributed by atoms with Gasteiger partial charge in [-0.15, -0.1) is 0 Å². The normalized spacial score (nSPS) is 10.9. The van der Waals surface area contributed by atoms with Gasteiger partial charge < -0.3 is 4.90 Å². The van der Waals surface area contributed by atoms with Crippen LogP contribution in [-0.4, -0.2) is 0 Å². The van der Waals surface area contributed by atoms with E-state index in [0.717, 1.165) is 17.1 Å². The van der Waals surface area contributed by atoms with Gasteiger partial charge in [-0.2, -0.15) is 0 Å². The minimum atomic E-state index is 1.11. The Bertz CT molecular complexity index is 2280. The van der Waals surface area contributed by atoms with Gasteiger partial charge in [-0.25, -0.2) is 0 Å². The third-order valence-corrected chi connectivity index (χ3v) is 9.05. The van der Waals surface area contributed by atoms with Gasteiger partial charge in [-0.05, 0) is 116 Å². The highest BCUT2D eigenvalue weighted by atomic mass is 15.1. The van der Waals surface area contributed by atoms with E-state index in [4.69, 9.17) is 0 Å². The molecule has 1 heteroatoms. The van der Waals surface area contributed by atoms with Crippen molar-refractivity contribution in [2.45, 2.75) is 0 Å². The SMILES string of the molecule is c1ccc(-c2ccc(N(c3ccccc3)c3ccc(-c4cc(-c5ccccc5)cc(-c5cccc(-c6ccccc6)c5)c4)cc3)cc2)cc1. The molecular weight excluding hydrogens is 591 g/mol. The predicted octanol–water partition coefficient (Wildman–Crippen LogP) is 13.5. The molecule has 0 heterocycles. The van der Waals surface area contributed by atoms with E-state index in [-0.39, 0.29) is 0 Å². The number of hydrogen-bond donors (Lipinski definition) is 0. The molecule has 0 aromatic heterocycles. The van der Waals surface area contributed by atoms with Gasteiger partial charge in [0.15, 0.2) is 0 Å². The molecule has 0 spiro atoms. The Balaban J connectivity index is 1.18. The first-order valence-electron chi connectivity index (χ1n) is 16.8. The molecule has 0 radical (unpaired) electrons. The Morgan fingerprint density at radius 1 is 0.184 bits per heavy atom. The Hall–Kier alpha value is -6.44. The molecule has 8 rings (SSSR count). The second-order valence-corrected chi connectivity index (χ2v) is 12.2. The van der Waals surface area contributed by atoms with E-state index < -0.39 is 0 Å². The standard InChI is InChI=1S/C48H35N/c1-5-14-36(15-6-1)39-24-28-47(29-25-39)49(46-22-11-4-12-23-46)48-30-26-40(27-31-48)44-33-43(38-18-9-3-10-19-38)34-45(35-44)42-21-13-20-41(32-42)37-16-7-2-8-17-37/h1-35H. The van der Waals surface area contributed by atoms with Crippen molar-refractivity contribution in [3.05, 3.63) is 212 Å². The molecule has 0 aliphatic rings. The van der Waals surface area contributed by atoms with Crippen LogP contribution in [0.3, 0.4) is 0 Å². The smallest absolute Gasteiger partial charge is 0.0462 e. The summed E-state index contributed by atoms with van der Waals surface area (Å²) in [6, 6.07) is 76.0. The van der Waals surface area contributed by atoms with Gasteiger partial charge in [0.25, 0.3) is 0 Å². The number of nitrogens with zero attached hydrogens (tertiary/aromatic N) is 1. The third kappa shape index (κ3) is 6.56. The average Bonchev–Trinajstić information content (AvgIpc) is 3.20. The fraction of sp³-hybridized carbons (Fsp3) is 0. The van der Waals surface area contributed by atoms with Crippen LogP contribution in [0.4, 0.5) is 17.1 Å². The van der Waals surface area contributed by atoms with E-state index in [9.17, 15) is 0 Å². The molecule has 8 aromatic rings. The number of para-hydroxylation sites is 1. The quantitative estimate of drug-likeness (QED) is 0.162. The fourth-order valence-corrected chi connectivity index (χ4v) is 6.53. The molecule has 49 heavy (non-hydrogen) atoms. The van der Waals surface area contributed by atoms with Crippen LogP contribution in [0.1, 0.15) is 0 Å². The molecular formula is C48H35N. The van der Waals surface area contributed by atoms with Crippen LogP contribution >= 0.6 is 0 Å². The van der Waals surface area contributed by atoms with Crippen molar-refractivity contribution in [2.75, 3.05) is 4.90 Å². The van der Waals surface area contributed by atoms with Crippen molar-refractivity contribution < 1.29 is 0 Å². The zero-order valence-electron chi connectivity index (χ0n) is 27.2. The Kier molecular flexibility index (Phi) is 8.39. The number of rotatable bonds is 8. The third-order valence-electron chi connectivity index (χ3n) is 9.05. The van der Waals surface area contributed by atoms with Gasteiger partial charge >= 0.3 is 0 Å². The Labute approximate surface area is 289 Å². The zero-order valence-corrected chi connectivity index (χ0v) is 27.2. The van der Waals surface area contributed by atoms with Crippen molar-refractivity contribution in [3.8, 4) is 55.6 Å². The lowest BCUT2D eigenvalue weighted by Crippen LogP contribution is -2.09. The van der Waals surface area contributed by atoms with E-state index in [1.807, 2.05) is 0 Å². The maximum atomic E-state index is 2.32. The minimum Gasteiger partial charge on any atom is -0.311 e. The first kappa shape index (κ1) is 29.9. The van der Waals surface area contributed by atoms with Crippen molar-refractivity contribution >= 4 is 17.1 Å². The molecule has 0 fully saturated rings. The van der Waals surface area contributed by atoms with Crippen LogP contribution in [0.25, 0.3) is 55.6 Å². The number of hydrogen-bond acceptors (Lipinski definition) is 1. The van der Waals surface area contributed by atoms with Gasteiger partial charge in [0.2, 0.25) is 0 Å². The van der Waals surface area contributed by atoms with Crippen molar-refractivity contribution in [1.29, 1.82) is 0 Å². The molecule has 0 unspecified atom stereocenters. The molecule has 0 aliphatic carbocycles. The lowest BCUT2D eigenvalue weighted by molar-refractivity contribution is 1.28. The molecule has 0 saturated carbocycles. The second kappa shape index (κ2) is 13.7. The summed E-state index contributed by atoms with van der Waals surface area (Å²) in [5.74, 6) is 0. The maximum absolute atomic E-state index is 2.32. The average molecular weight is 626 g/mol. The predicted molar refractivity (Wildman–Crippen MR) is 208 cm³/mol. The molecule has 0 bridgehead atoms. The largest absolute Gasteiger partial charge is 0.311 e. The molecule has 0 atom stereocenters. The summed E-state index contributed by atoms with van der Waals surface area (Å²) in [5.41, 5.74) is 15.4. The highest BCUT2D eigenvalue weighted by Crippen LogP contribution is 2.38. The van der Waals surface area contributed by atoms with Crippen LogP contribution in [0, 0.1) is 0 Å². The van der Waals surface area contributed by atoms with Gasteiger partial charge in [0.05, 0.1) is 0 Å². The van der Waals surface area contributed by atoms with Gasteiger partial charge in [0.1, 0.15) is 0 Å². The summed E-state index contributed by atoms with van der Waals surface area (Å²) in [7, 11) is 0.